The summed E-state index contributed by atoms with van der Waals surface area (Å²) in [7, 11) is 4.28. The molecule has 0 N–H and O–H groups in total. The standard InChI is InChI=1S/C18H17N/c1-19(2)18-13-16-9-4-3-7-14(16)11-12-15-8-5-6-10-17(15)18/h3-10,18H,13H2,1-2H3. The first-order valence-corrected chi connectivity index (χ1v) is 6.61. The van der Waals surface area contributed by atoms with Gasteiger partial charge in [0.15, 0.2) is 0 Å². The molecule has 2 aromatic rings. The van der Waals surface area contributed by atoms with E-state index in [1.807, 2.05) is 0 Å². The molecule has 3 rings (SSSR count). The van der Waals surface area contributed by atoms with Crippen LogP contribution in [-0.2, 0) is 6.42 Å². The molecule has 1 aliphatic rings. The predicted molar refractivity (Wildman–Crippen MR) is 79.0 cm³/mol. The Hall–Kier alpha value is -2.04. The third-order valence-corrected chi connectivity index (χ3v) is 3.71. The summed E-state index contributed by atoms with van der Waals surface area (Å²) in [5.74, 6) is 6.64. The average Bonchev–Trinajstić information content (AvgIpc) is 2.41. The summed E-state index contributed by atoms with van der Waals surface area (Å²) >= 11 is 0. The monoisotopic (exact) mass is 247 g/mol. The molecule has 1 heteroatoms. The summed E-state index contributed by atoms with van der Waals surface area (Å²) < 4.78 is 0. The van der Waals surface area contributed by atoms with Crippen molar-refractivity contribution in [1.82, 2.24) is 4.90 Å². The van der Waals surface area contributed by atoms with Crippen LogP contribution < -0.4 is 0 Å². The van der Waals surface area contributed by atoms with E-state index in [1.165, 1.54) is 11.1 Å². The van der Waals surface area contributed by atoms with Gasteiger partial charge in [0.2, 0.25) is 0 Å². The van der Waals surface area contributed by atoms with Crippen molar-refractivity contribution in [2.45, 2.75) is 12.5 Å². The van der Waals surface area contributed by atoms with Crippen molar-refractivity contribution in [3.05, 3.63) is 70.8 Å². The van der Waals surface area contributed by atoms with Crippen molar-refractivity contribution in [2.24, 2.45) is 0 Å². The normalized spacial score (nSPS) is 16.7. The number of likely N-dealkylation sites (N-methyl/N-ethyl adjacent to an activating group) is 1. The van der Waals surface area contributed by atoms with E-state index in [-0.39, 0.29) is 0 Å². The molecular formula is C18H17N. The van der Waals surface area contributed by atoms with Gasteiger partial charge in [-0.3, -0.25) is 0 Å². The van der Waals surface area contributed by atoms with Crippen LogP contribution in [0.1, 0.15) is 28.3 Å². The van der Waals surface area contributed by atoms with Crippen LogP contribution in [0.3, 0.4) is 0 Å². The average molecular weight is 247 g/mol. The summed E-state index contributed by atoms with van der Waals surface area (Å²) in [6.07, 6.45) is 1.01. The Labute approximate surface area is 114 Å². The molecule has 1 aliphatic carbocycles. The van der Waals surface area contributed by atoms with Crippen LogP contribution in [0.15, 0.2) is 48.5 Å². The van der Waals surface area contributed by atoms with Crippen LogP contribution in [0.5, 0.6) is 0 Å². The second-order valence-electron chi connectivity index (χ2n) is 5.18. The van der Waals surface area contributed by atoms with E-state index in [2.05, 4.69) is 79.4 Å². The van der Waals surface area contributed by atoms with Gasteiger partial charge < -0.3 is 4.90 Å². The molecule has 0 aromatic heterocycles. The third kappa shape index (κ3) is 2.28. The Balaban J connectivity index is 2.20. The van der Waals surface area contributed by atoms with E-state index in [9.17, 15) is 0 Å². The molecule has 19 heavy (non-hydrogen) atoms. The quantitative estimate of drug-likeness (QED) is 0.699. The Bertz CT molecular complexity index is 659. The number of hydrogen-bond donors (Lipinski definition) is 0. The number of nitrogens with zero attached hydrogens (tertiary/aromatic N) is 1. The molecule has 94 valence electrons. The highest BCUT2D eigenvalue weighted by Gasteiger charge is 2.19. The topological polar surface area (TPSA) is 3.24 Å². The lowest BCUT2D eigenvalue weighted by atomic mass is 9.90. The van der Waals surface area contributed by atoms with Gasteiger partial charge in [-0.2, -0.15) is 0 Å². The van der Waals surface area contributed by atoms with E-state index in [0.717, 1.165) is 17.5 Å². The fourth-order valence-electron chi connectivity index (χ4n) is 2.64. The van der Waals surface area contributed by atoms with Crippen molar-refractivity contribution in [2.75, 3.05) is 14.1 Å². The first kappa shape index (κ1) is 12.0. The van der Waals surface area contributed by atoms with Crippen LogP contribution in [0, 0.1) is 11.8 Å². The third-order valence-electron chi connectivity index (χ3n) is 3.71. The Morgan fingerprint density at radius 2 is 1.53 bits per heavy atom. The van der Waals surface area contributed by atoms with E-state index >= 15 is 0 Å². The van der Waals surface area contributed by atoms with Crippen LogP contribution in [0.4, 0.5) is 0 Å². The van der Waals surface area contributed by atoms with Gasteiger partial charge in [-0.05, 0) is 43.8 Å². The van der Waals surface area contributed by atoms with E-state index in [1.54, 1.807) is 0 Å². The van der Waals surface area contributed by atoms with Crippen molar-refractivity contribution in [3.8, 4) is 11.8 Å². The summed E-state index contributed by atoms with van der Waals surface area (Å²) in [5, 5.41) is 0. The second kappa shape index (κ2) is 4.91. The smallest absolute Gasteiger partial charge is 0.0395 e. The highest BCUT2D eigenvalue weighted by molar-refractivity contribution is 5.52. The maximum absolute atomic E-state index is 3.33. The van der Waals surface area contributed by atoms with Crippen LogP contribution in [-0.4, -0.2) is 19.0 Å². The summed E-state index contributed by atoms with van der Waals surface area (Å²) in [4.78, 5) is 2.28. The molecular weight excluding hydrogens is 230 g/mol. The van der Waals surface area contributed by atoms with E-state index in [4.69, 9.17) is 0 Å². The van der Waals surface area contributed by atoms with E-state index in [0.29, 0.717) is 6.04 Å². The molecule has 0 amide bonds. The zero-order valence-electron chi connectivity index (χ0n) is 11.4. The van der Waals surface area contributed by atoms with Gasteiger partial charge in [-0.1, -0.05) is 48.2 Å². The summed E-state index contributed by atoms with van der Waals surface area (Å²) in [6.45, 7) is 0. The van der Waals surface area contributed by atoms with Crippen molar-refractivity contribution in [1.29, 1.82) is 0 Å². The lowest BCUT2D eigenvalue weighted by Crippen LogP contribution is -2.23. The fourth-order valence-corrected chi connectivity index (χ4v) is 2.64. The highest BCUT2D eigenvalue weighted by Crippen LogP contribution is 2.28. The molecule has 0 aliphatic heterocycles. The molecule has 1 unspecified atom stereocenters. The predicted octanol–water partition coefficient (Wildman–Crippen LogP) is 3.25. The minimum atomic E-state index is 0.381. The number of rotatable bonds is 1. The minimum Gasteiger partial charge on any atom is -0.302 e. The van der Waals surface area contributed by atoms with Gasteiger partial charge in [0.25, 0.3) is 0 Å². The van der Waals surface area contributed by atoms with Crippen LogP contribution in [0.25, 0.3) is 0 Å². The van der Waals surface area contributed by atoms with Gasteiger partial charge >= 0.3 is 0 Å². The van der Waals surface area contributed by atoms with Crippen molar-refractivity contribution in [3.63, 3.8) is 0 Å². The molecule has 1 nitrogen and oxygen atoms in total. The number of fused-ring (bicyclic) bond motifs is 2. The Morgan fingerprint density at radius 1 is 0.895 bits per heavy atom. The number of benzene rings is 2. The Kier molecular flexibility index (Phi) is 3.11. The van der Waals surface area contributed by atoms with Crippen molar-refractivity contribution < 1.29 is 0 Å². The maximum Gasteiger partial charge on any atom is 0.0395 e. The summed E-state index contributed by atoms with van der Waals surface area (Å²) in [5.41, 5.74) is 4.97. The van der Waals surface area contributed by atoms with Crippen molar-refractivity contribution >= 4 is 0 Å². The molecule has 0 saturated carbocycles. The zero-order valence-corrected chi connectivity index (χ0v) is 11.4. The number of hydrogen-bond acceptors (Lipinski definition) is 1. The lowest BCUT2D eigenvalue weighted by molar-refractivity contribution is 0.297. The van der Waals surface area contributed by atoms with E-state index < -0.39 is 0 Å². The van der Waals surface area contributed by atoms with Crippen LogP contribution >= 0.6 is 0 Å². The largest absolute Gasteiger partial charge is 0.302 e. The molecule has 0 fully saturated rings. The fraction of sp³-hybridized carbons (Fsp3) is 0.222. The van der Waals surface area contributed by atoms with Gasteiger partial charge in [-0.25, -0.2) is 0 Å². The van der Waals surface area contributed by atoms with Crippen LogP contribution in [0.2, 0.25) is 0 Å². The Morgan fingerprint density at radius 3 is 2.32 bits per heavy atom. The van der Waals surface area contributed by atoms with Gasteiger partial charge in [0.1, 0.15) is 0 Å². The lowest BCUT2D eigenvalue weighted by Gasteiger charge is -2.27. The second-order valence-corrected chi connectivity index (χ2v) is 5.18. The molecule has 1 atom stereocenters. The molecule has 0 saturated heterocycles. The first-order chi connectivity index (χ1) is 9.25. The summed E-state index contributed by atoms with van der Waals surface area (Å²) in [6, 6.07) is 17.3. The molecule has 0 spiro atoms. The maximum atomic E-state index is 3.33. The van der Waals surface area contributed by atoms with Gasteiger partial charge in [-0.15, -0.1) is 0 Å². The minimum absolute atomic E-state index is 0.381. The molecule has 0 heterocycles. The first-order valence-electron chi connectivity index (χ1n) is 6.61. The molecule has 0 radical (unpaired) electrons. The van der Waals surface area contributed by atoms with Gasteiger partial charge in [0, 0.05) is 17.2 Å². The molecule has 0 bridgehead atoms. The molecule has 2 aromatic carbocycles. The SMILES string of the molecule is CN(C)C1Cc2ccccc2C#Cc2ccccc21. The zero-order chi connectivity index (χ0) is 13.2. The van der Waals surface area contributed by atoms with Gasteiger partial charge in [0.05, 0.1) is 0 Å². The highest BCUT2D eigenvalue weighted by atomic mass is 15.1.